The minimum atomic E-state index is -0.678. The van der Waals surface area contributed by atoms with Crippen molar-refractivity contribution in [1.29, 1.82) is 0 Å². The summed E-state index contributed by atoms with van der Waals surface area (Å²) in [5.74, 6) is -0.100. The van der Waals surface area contributed by atoms with Gasteiger partial charge in [0.25, 0.3) is 5.69 Å². The summed E-state index contributed by atoms with van der Waals surface area (Å²) in [6, 6.07) is 6.32. The highest BCUT2D eigenvalue weighted by Gasteiger charge is 2.40. The maximum absolute atomic E-state index is 12.2. The third kappa shape index (κ3) is 4.26. The van der Waals surface area contributed by atoms with E-state index in [1.165, 1.54) is 12.1 Å². The molecule has 6 heteroatoms. The predicted molar refractivity (Wildman–Crippen MR) is 81.9 cm³/mol. The normalized spacial score (nSPS) is 12.0. The molecule has 1 aromatic rings. The molecule has 0 radical (unpaired) electrons. The fraction of sp³-hybridized carbons (Fsp3) is 0.533. The molecule has 1 amide bonds. The van der Waals surface area contributed by atoms with Gasteiger partial charge in [-0.15, -0.1) is 0 Å². The standard InChI is InChI=1S/C15H23N3O3/c1-14(2,15(3,4)16)13(19)17-10-9-11-5-7-12(8-6-11)18(20)21/h5-8H,9-10,16H2,1-4H3,(H,17,19). The summed E-state index contributed by atoms with van der Waals surface area (Å²) in [5.41, 5.74) is 5.72. The van der Waals surface area contributed by atoms with E-state index in [2.05, 4.69) is 5.32 Å². The molecule has 21 heavy (non-hydrogen) atoms. The number of nitrogens with two attached hydrogens (primary N) is 1. The summed E-state index contributed by atoms with van der Waals surface area (Å²) in [6.07, 6.45) is 0.616. The lowest BCUT2D eigenvalue weighted by Crippen LogP contribution is -2.55. The van der Waals surface area contributed by atoms with Crippen molar-refractivity contribution in [3.63, 3.8) is 0 Å². The topological polar surface area (TPSA) is 98.3 Å². The number of hydrogen-bond donors (Lipinski definition) is 2. The lowest BCUT2D eigenvalue weighted by Gasteiger charge is -2.36. The number of nitro groups is 1. The third-order valence-electron chi connectivity index (χ3n) is 4.02. The van der Waals surface area contributed by atoms with E-state index in [9.17, 15) is 14.9 Å². The van der Waals surface area contributed by atoms with Crippen LogP contribution in [-0.4, -0.2) is 22.9 Å². The number of carbonyl (C=O) groups is 1. The van der Waals surface area contributed by atoms with E-state index in [4.69, 9.17) is 5.73 Å². The Kier molecular flexibility index (Phi) is 5.06. The van der Waals surface area contributed by atoms with Gasteiger partial charge in [-0.3, -0.25) is 14.9 Å². The molecule has 0 bridgehead atoms. The smallest absolute Gasteiger partial charge is 0.269 e. The molecular weight excluding hydrogens is 270 g/mol. The molecule has 1 rings (SSSR count). The first-order valence-electron chi connectivity index (χ1n) is 6.86. The number of amides is 1. The van der Waals surface area contributed by atoms with Crippen molar-refractivity contribution >= 4 is 11.6 Å². The lowest BCUT2D eigenvalue weighted by molar-refractivity contribution is -0.384. The van der Waals surface area contributed by atoms with Crippen LogP contribution >= 0.6 is 0 Å². The van der Waals surface area contributed by atoms with Crippen molar-refractivity contribution in [2.24, 2.45) is 11.1 Å². The van der Waals surface area contributed by atoms with Gasteiger partial charge in [-0.2, -0.15) is 0 Å². The Hall–Kier alpha value is -1.95. The van der Waals surface area contributed by atoms with Gasteiger partial charge in [0.2, 0.25) is 5.91 Å². The van der Waals surface area contributed by atoms with Gasteiger partial charge < -0.3 is 11.1 Å². The number of nitro benzene ring substituents is 1. The molecule has 0 fully saturated rings. The van der Waals surface area contributed by atoms with Crippen LogP contribution in [0.25, 0.3) is 0 Å². The Morgan fingerprint density at radius 2 is 1.76 bits per heavy atom. The van der Waals surface area contributed by atoms with E-state index >= 15 is 0 Å². The van der Waals surface area contributed by atoms with Crippen molar-refractivity contribution in [3.05, 3.63) is 39.9 Å². The number of nitrogens with zero attached hydrogens (tertiary/aromatic N) is 1. The van der Waals surface area contributed by atoms with Crippen molar-refractivity contribution in [2.45, 2.75) is 39.7 Å². The SMILES string of the molecule is CC(C)(N)C(C)(C)C(=O)NCCc1ccc([N+](=O)[O-])cc1. The number of benzene rings is 1. The molecule has 0 heterocycles. The average Bonchev–Trinajstić information content (AvgIpc) is 2.37. The van der Waals surface area contributed by atoms with Crippen molar-refractivity contribution in [2.75, 3.05) is 6.54 Å². The first kappa shape index (κ1) is 17.1. The second-order valence-corrected chi connectivity index (χ2v) is 6.28. The minimum Gasteiger partial charge on any atom is -0.355 e. The largest absolute Gasteiger partial charge is 0.355 e. The average molecular weight is 293 g/mol. The van der Waals surface area contributed by atoms with Crippen LogP contribution in [0.15, 0.2) is 24.3 Å². The Labute approximate surface area is 124 Å². The van der Waals surface area contributed by atoms with Gasteiger partial charge in [0.05, 0.1) is 10.3 Å². The molecule has 6 nitrogen and oxygen atoms in total. The number of carbonyl (C=O) groups excluding carboxylic acids is 1. The van der Waals surface area contributed by atoms with Gasteiger partial charge in [0, 0.05) is 24.2 Å². The summed E-state index contributed by atoms with van der Waals surface area (Å²) in [4.78, 5) is 22.3. The van der Waals surface area contributed by atoms with E-state index in [0.717, 1.165) is 5.56 Å². The molecule has 0 unspecified atom stereocenters. The second-order valence-electron chi connectivity index (χ2n) is 6.28. The van der Waals surface area contributed by atoms with Gasteiger partial charge in [-0.25, -0.2) is 0 Å². The van der Waals surface area contributed by atoms with Crippen molar-refractivity contribution < 1.29 is 9.72 Å². The monoisotopic (exact) mass is 293 g/mol. The molecule has 3 N–H and O–H groups in total. The van der Waals surface area contributed by atoms with Crippen LogP contribution in [0.1, 0.15) is 33.3 Å². The van der Waals surface area contributed by atoms with E-state index in [1.54, 1.807) is 12.1 Å². The van der Waals surface area contributed by atoms with Crippen LogP contribution in [-0.2, 0) is 11.2 Å². The Bertz CT molecular complexity index is 516. The van der Waals surface area contributed by atoms with Gasteiger partial charge in [-0.1, -0.05) is 12.1 Å². The van der Waals surface area contributed by atoms with Gasteiger partial charge in [0.15, 0.2) is 0 Å². The summed E-state index contributed by atoms with van der Waals surface area (Å²) in [5, 5.41) is 13.4. The van der Waals surface area contributed by atoms with Crippen LogP contribution in [0.5, 0.6) is 0 Å². The number of non-ortho nitro benzene ring substituents is 1. The molecule has 0 aliphatic carbocycles. The Balaban J connectivity index is 2.54. The van der Waals surface area contributed by atoms with Crippen LogP contribution < -0.4 is 11.1 Å². The van der Waals surface area contributed by atoms with E-state index in [1.807, 2.05) is 27.7 Å². The van der Waals surface area contributed by atoms with E-state index in [-0.39, 0.29) is 11.6 Å². The Morgan fingerprint density at radius 1 is 1.24 bits per heavy atom. The van der Waals surface area contributed by atoms with Crippen molar-refractivity contribution in [3.8, 4) is 0 Å². The third-order valence-corrected chi connectivity index (χ3v) is 4.02. The fourth-order valence-corrected chi connectivity index (χ4v) is 1.62. The summed E-state index contributed by atoms with van der Waals surface area (Å²) in [6.45, 7) is 7.74. The molecule has 0 aliphatic rings. The summed E-state index contributed by atoms with van der Waals surface area (Å²) in [7, 11) is 0. The first-order valence-corrected chi connectivity index (χ1v) is 6.86. The highest BCUT2D eigenvalue weighted by atomic mass is 16.6. The van der Waals surface area contributed by atoms with E-state index < -0.39 is 15.9 Å². The predicted octanol–water partition coefficient (Wildman–Crippen LogP) is 2.02. The molecule has 1 aromatic carbocycles. The molecule has 0 aromatic heterocycles. The highest BCUT2D eigenvalue weighted by molar-refractivity contribution is 5.83. The van der Waals surface area contributed by atoms with Crippen LogP contribution in [0.2, 0.25) is 0 Å². The molecule has 116 valence electrons. The zero-order chi connectivity index (χ0) is 16.3. The number of hydrogen-bond acceptors (Lipinski definition) is 4. The molecule has 0 aliphatic heterocycles. The van der Waals surface area contributed by atoms with E-state index in [0.29, 0.717) is 13.0 Å². The van der Waals surface area contributed by atoms with Crippen molar-refractivity contribution in [1.82, 2.24) is 5.32 Å². The summed E-state index contributed by atoms with van der Waals surface area (Å²) < 4.78 is 0. The zero-order valence-electron chi connectivity index (χ0n) is 13.0. The van der Waals surface area contributed by atoms with Crippen LogP contribution in [0, 0.1) is 15.5 Å². The summed E-state index contributed by atoms with van der Waals surface area (Å²) >= 11 is 0. The van der Waals surface area contributed by atoms with Crippen LogP contribution in [0.4, 0.5) is 5.69 Å². The number of nitrogens with one attached hydrogen (secondary N) is 1. The Morgan fingerprint density at radius 3 is 2.19 bits per heavy atom. The van der Waals surface area contributed by atoms with Gasteiger partial charge in [0.1, 0.15) is 0 Å². The minimum absolute atomic E-state index is 0.0637. The molecule has 0 atom stereocenters. The lowest BCUT2D eigenvalue weighted by atomic mass is 9.74. The number of rotatable bonds is 6. The van der Waals surface area contributed by atoms with Gasteiger partial charge in [-0.05, 0) is 39.7 Å². The highest BCUT2D eigenvalue weighted by Crippen LogP contribution is 2.28. The molecular formula is C15H23N3O3. The maximum atomic E-state index is 12.2. The quantitative estimate of drug-likeness (QED) is 0.619. The fourth-order valence-electron chi connectivity index (χ4n) is 1.62. The van der Waals surface area contributed by atoms with Gasteiger partial charge >= 0.3 is 0 Å². The zero-order valence-corrected chi connectivity index (χ0v) is 13.0. The maximum Gasteiger partial charge on any atom is 0.269 e. The molecule has 0 spiro atoms. The molecule has 0 saturated heterocycles. The molecule has 0 saturated carbocycles. The van der Waals surface area contributed by atoms with Crippen LogP contribution in [0.3, 0.4) is 0 Å². The first-order chi connectivity index (χ1) is 9.55. The second kappa shape index (κ2) is 6.22.